The number of carbonyl (C=O) groups is 1. The second-order valence-corrected chi connectivity index (χ2v) is 9.52. The third-order valence-corrected chi connectivity index (χ3v) is 6.57. The standard InChI is InChI=1S/C28H32N6O3/c1-18-15-24-25(27(30-18)31-21-10-13-37-14-11-21)26(23-16-20(9-12-29-23)28(35)33(2)3)32-34(24)17-19-5-7-22(36-4)8-6-19/h5-9,12,15-16,21H,10-11,13-14,17H2,1-4H3,(H,30,31). The number of aromatic nitrogens is 4. The molecule has 0 radical (unpaired) electrons. The number of nitrogens with one attached hydrogen (secondary N) is 1. The van der Waals surface area contributed by atoms with Gasteiger partial charge >= 0.3 is 0 Å². The van der Waals surface area contributed by atoms with E-state index >= 15 is 0 Å². The van der Waals surface area contributed by atoms with Gasteiger partial charge in [0.25, 0.3) is 5.91 Å². The molecule has 4 heterocycles. The minimum absolute atomic E-state index is 0.0832. The van der Waals surface area contributed by atoms with Crippen molar-refractivity contribution >= 4 is 22.6 Å². The average Bonchev–Trinajstić information content (AvgIpc) is 3.27. The number of anilines is 1. The maximum atomic E-state index is 12.7. The van der Waals surface area contributed by atoms with Crippen LogP contribution in [0.2, 0.25) is 0 Å². The first kappa shape index (κ1) is 24.7. The number of benzene rings is 1. The molecule has 9 heteroatoms. The summed E-state index contributed by atoms with van der Waals surface area (Å²) >= 11 is 0. The fourth-order valence-corrected chi connectivity index (χ4v) is 4.61. The molecular formula is C28H32N6O3. The Hall–Kier alpha value is -3.98. The number of hydrogen-bond donors (Lipinski definition) is 1. The van der Waals surface area contributed by atoms with E-state index in [1.54, 1.807) is 44.4 Å². The van der Waals surface area contributed by atoms with Gasteiger partial charge < -0.3 is 19.7 Å². The summed E-state index contributed by atoms with van der Waals surface area (Å²) in [5, 5.41) is 9.59. The lowest BCUT2D eigenvalue weighted by Crippen LogP contribution is -2.28. The van der Waals surface area contributed by atoms with Crippen molar-refractivity contribution in [3.8, 4) is 17.1 Å². The van der Waals surface area contributed by atoms with Gasteiger partial charge in [-0.3, -0.25) is 14.5 Å². The molecule has 3 aromatic heterocycles. The van der Waals surface area contributed by atoms with E-state index in [1.165, 1.54) is 0 Å². The zero-order valence-electron chi connectivity index (χ0n) is 21.7. The van der Waals surface area contributed by atoms with Crippen LogP contribution in [0.15, 0.2) is 48.7 Å². The van der Waals surface area contributed by atoms with Crippen LogP contribution in [0.3, 0.4) is 0 Å². The maximum Gasteiger partial charge on any atom is 0.253 e. The summed E-state index contributed by atoms with van der Waals surface area (Å²) in [6.45, 7) is 4.02. The van der Waals surface area contributed by atoms with Gasteiger partial charge in [0, 0.05) is 50.8 Å². The molecule has 1 fully saturated rings. The van der Waals surface area contributed by atoms with Gasteiger partial charge in [-0.15, -0.1) is 0 Å². The highest BCUT2D eigenvalue weighted by Crippen LogP contribution is 2.34. The van der Waals surface area contributed by atoms with Crippen LogP contribution in [-0.4, -0.2) is 71.0 Å². The number of methoxy groups -OCH3 is 1. The SMILES string of the molecule is COc1ccc(Cn2nc(-c3cc(C(=O)N(C)C)ccn3)c3c(NC4CCOCC4)nc(C)cc32)cc1. The fraction of sp³-hybridized carbons (Fsp3) is 0.357. The monoisotopic (exact) mass is 500 g/mol. The largest absolute Gasteiger partial charge is 0.497 e. The molecule has 0 unspecified atom stereocenters. The Morgan fingerprint density at radius 1 is 1.16 bits per heavy atom. The van der Waals surface area contributed by atoms with E-state index in [4.69, 9.17) is 19.6 Å². The normalized spacial score (nSPS) is 14.1. The predicted octanol–water partition coefficient (Wildman–Crippen LogP) is 4.15. The molecule has 5 rings (SSSR count). The van der Waals surface area contributed by atoms with E-state index < -0.39 is 0 Å². The Kier molecular flexibility index (Phi) is 7.05. The van der Waals surface area contributed by atoms with Crippen molar-refractivity contribution in [2.45, 2.75) is 32.4 Å². The van der Waals surface area contributed by atoms with Crippen LogP contribution >= 0.6 is 0 Å². The Morgan fingerprint density at radius 3 is 2.62 bits per heavy atom. The number of rotatable bonds is 7. The smallest absolute Gasteiger partial charge is 0.253 e. The molecule has 0 atom stereocenters. The van der Waals surface area contributed by atoms with E-state index in [9.17, 15) is 4.79 Å². The van der Waals surface area contributed by atoms with E-state index in [-0.39, 0.29) is 11.9 Å². The third-order valence-electron chi connectivity index (χ3n) is 6.57. The molecule has 4 aromatic rings. The molecule has 9 nitrogen and oxygen atoms in total. The summed E-state index contributed by atoms with van der Waals surface area (Å²) in [5.41, 5.74) is 4.83. The summed E-state index contributed by atoms with van der Waals surface area (Å²) in [7, 11) is 5.14. The summed E-state index contributed by atoms with van der Waals surface area (Å²) < 4.78 is 12.9. The number of aryl methyl sites for hydroxylation is 1. The second-order valence-electron chi connectivity index (χ2n) is 9.52. The van der Waals surface area contributed by atoms with Crippen molar-refractivity contribution in [2.24, 2.45) is 0 Å². The molecule has 1 saturated heterocycles. The van der Waals surface area contributed by atoms with Gasteiger partial charge in [0.05, 0.1) is 30.3 Å². The Morgan fingerprint density at radius 2 is 1.92 bits per heavy atom. The van der Waals surface area contributed by atoms with Crippen LogP contribution in [0.5, 0.6) is 5.75 Å². The van der Waals surface area contributed by atoms with Gasteiger partial charge in [0.15, 0.2) is 0 Å². The lowest BCUT2D eigenvalue weighted by molar-refractivity contribution is 0.0827. The van der Waals surface area contributed by atoms with Crippen LogP contribution in [0.25, 0.3) is 22.3 Å². The number of carbonyl (C=O) groups excluding carboxylic acids is 1. The van der Waals surface area contributed by atoms with Crippen molar-refractivity contribution in [1.82, 2.24) is 24.6 Å². The molecule has 0 saturated carbocycles. The van der Waals surface area contributed by atoms with Crippen molar-refractivity contribution in [1.29, 1.82) is 0 Å². The summed E-state index contributed by atoms with van der Waals surface area (Å²) in [6.07, 6.45) is 3.49. The first-order chi connectivity index (χ1) is 17.9. The average molecular weight is 501 g/mol. The molecule has 1 amide bonds. The second kappa shape index (κ2) is 10.6. The van der Waals surface area contributed by atoms with Crippen LogP contribution < -0.4 is 10.1 Å². The topological polar surface area (TPSA) is 94.4 Å². The number of nitrogens with zero attached hydrogens (tertiary/aromatic N) is 5. The number of pyridine rings is 2. The molecule has 0 aliphatic carbocycles. The summed E-state index contributed by atoms with van der Waals surface area (Å²) in [6, 6.07) is 13.8. The Labute approximate surface area is 216 Å². The molecule has 1 aliphatic rings. The molecule has 1 aromatic carbocycles. The van der Waals surface area contributed by atoms with Gasteiger partial charge in [0.1, 0.15) is 17.3 Å². The first-order valence-electron chi connectivity index (χ1n) is 12.5. The zero-order chi connectivity index (χ0) is 25.9. The highest BCUT2D eigenvalue weighted by molar-refractivity contribution is 6.02. The number of ether oxygens (including phenoxy) is 2. The summed E-state index contributed by atoms with van der Waals surface area (Å²) in [5.74, 6) is 1.51. The van der Waals surface area contributed by atoms with Crippen molar-refractivity contribution in [2.75, 3.05) is 39.7 Å². The number of hydrogen-bond acceptors (Lipinski definition) is 7. The maximum absolute atomic E-state index is 12.7. The Balaban J connectivity index is 1.65. The third kappa shape index (κ3) is 5.27. The van der Waals surface area contributed by atoms with Gasteiger partial charge in [-0.2, -0.15) is 5.10 Å². The molecule has 37 heavy (non-hydrogen) atoms. The minimum atomic E-state index is -0.0832. The van der Waals surface area contributed by atoms with E-state index in [0.29, 0.717) is 23.5 Å². The molecule has 1 aliphatic heterocycles. The highest BCUT2D eigenvalue weighted by Gasteiger charge is 2.23. The number of fused-ring (bicyclic) bond motifs is 1. The van der Waals surface area contributed by atoms with Gasteiger partial charge in [-0.25, -0.2) is 4.98 Å². The fourth-order valence-electron chi connectivity index (χ4n) is 4.61. The lowest BCUT2D eigenvalue weighted by Gasteiger charge is -2.24. The van der Waals surface area contributed by atoms with Crippen molar-refractivity contribution in [3.05, 3.63) is 65.5 Å². The van der Waals surface area contributed by atoms with Gasteiger partial charge in [-0.05, 0) is 55.7 Å². The van der Waals surface area contributed by atoms with E-state index in [0.717, 1.165) is 59.8 Å². The molecule has 1 N–H and O–H groups in total. The number of amides is 1. The van der Waals surface area contributed by atoms with Crippen LogP contribution in [0.1, 0.15) is 34.5 Å². The summed E-state index contributed by atoms with van der Waals surface area (Å²) in [4.78, 5) is 23.8. The van der Waals surface area contributed by atoms with Gasteiger partial charge in [0.2, 0.25) is 0 Å². The van der Waals surface area contributed by atoms with Crippen LogP contribution in [0, 0.1) is 6.92 Å². The van der Waals surface area contributed by atoms with Crippen LogP contribution in [0.4, 0.5) is 5.82 Å². The molecule has 0 spiro atoms. The van der Waals surface area contributed by atoms with Crippen molar-refractivity contribution in [3.63, 3.8) is 0 Å². The molecule has 0 bridgehead atoms. The molecular weight excluding hydrogens is 468 g/mol. The van der Waals surface area contributed by atoms with Gasteiger partial charge in [-0.1, -0.05) is 12.1 Å². The van der Waals surface area contributed by atoms with Crippen LogP contribution in [-0.2, 0) is 11.3 Å². The molecule has 192 valence electrons. The van der Waals surface area contributed by atoms with Crippen molar-refractivity contribution < 1.29 is 14.3 Å². The predicted molar refractivity (Wildman–Crippen MR) is 143 cm³/mol. The first-order valence-corrected chi connectivity index (χ1v) is 12.5. The van der Waals surface area contributed by atoms with E-state index in [2.05, 4.69) is 16.4 Å². The highest BCUT2D eigenvalue weighted by atomic mass is 16.5. The Bertz CT molecular complexity index is 1410. The minimum Gasteiger partial charge on any atom is -0.497 e. The van der Waals surface area contributed by atoms with E-state index in [1.807, 2.05) is 35.9 Å². The zero-order valence-corrected chi connectivity index (χ0v) is 21.7. The lowest BCUT2D eigenvalue weighted by atomic mass is 10.1. The quantitative estimate of drug-likeness (QED) is 0.407.